The molecule has 0 aromatic heterocycles. The van der Waals surface area contributed by atoms with E-state index in [-0.39, 0.29) is 43.4 Å². The molecule has 1 unspecified atom stereocenters. The molecule has 0 aliphatic heterocycles. The van der Waals surface area contributed by atoms with Crippen molar-refractivity contribution in [3.8, 4) is 11.1 Å². The molecule has 7 heteroatoms. The van der Waals surface area contributed by atoms with Crippen LogP contribution in [-0.2, 0) is 14.3 Å². The molecule has 3 N–H and O–H groups in total. The third-order valence-corrected chi connectivity index (χ3v) is 6.20. The predicted octanol–water partition coefficient (Wildman–Crippen LogP) is 4.84. The normalized spacial score (nSPS) is 13.9. The Morgan fingerprint density at radius 1 is 0.971 bits per heavy atom. The van der Waals surface area contributed by atoms with Crippen LogP contribution in [0.2, 0.25) is 0 Å². The van der Waals surface area contributed by atoms with Gasteiger partial charge >= 0.3 is 12.1 Å². The molecule has 7 nitrogen and oxygen atoms in total. The molecule has 3 rings (SSSR count). The lowest BCUT2D eigenvalue weighted by Gasteiger charge is -2.19. The molecule has 0 heterocycles. The maximum atomic E-state index is 12.4. The SMILES string of the molecule is CCCC[C@H](CC(=O)O)NC(=O)CCC(C)NC(=O)OCC1c2ccccc2-c2ccccc21. The molecular weight excluding hydrogens is 432 g/mol. The summed E-state index contributed by atoms with van der Waals surface area (Å²) in [6.07, 6.45) is 2.48. The minimum Gasteiger partial charge on any atom is -0.481 e. The van der Waals surface area contributed by atoms with E-state index in [2.05, 4.69) is 34.9 Å². The van der Waals surface area contributed by atoms with Gasteiger partial charge in [0.1, 0.15) is 6.61 Å². The first-order chi connectivity index (χ1) is 16.4. The maximum Gasteiger partial charge on any atom is 0.407 e. The Morgan fingerprint density at radius 3 is 2.18 bits per heavy atom. The number of fused-ring (bicyclic) bond motifs is 3. The lowest BCUT2D eigenvalue weighted by atomic mass is 9.98. The molecule has 0 saturated carbocycles. The van der Waals surface area contributed by atoms with Crippen LogP contribution in [0, 0.1) is 0 Å². The summed E-state index contributed by atoms with van der Waals surface area (Å²) in [6, 6.07) is 15.7. The van der Waals surface area contributed by atoms with Crippen LogP contribution in [0.5, 0.6) is 0 Å². The van der Waals surface area contributed by atoms with Crippen molar-refractivity contribution < 1.29 is 24.2 Å². The van der Waals surface area contributed by atoms with E-state index in [1.165, 1.54) is 11.1 Å². The summed E-state index contributed by atoms with van der Waals surface area (Å²) in [4.78, 5) is 35.7. The Bertz CT molecular complexity index is 961. The van der Waals surface area contributed by atoms with E-state index in [0.29, 0.717) is 12.8 Å². The standard InChI is InChI=1S/C27H34N2O5/c1-3-4-9-19(16-26(31)32)29-25(30)15-14-18(2)28-27(33)34-17-24-22-12-7-5-10-20(22)21-11-6-8-13-23(21)24/h5-8,10-13,18-19,24H,3-4,9,14-17H2,1-2H3,(H,28,33)(H,29,30)(H,31,32)/t18?,19-/m1/s1. The largest absolute Gasteiger partial charge is 0.481 e. The zero-order valence-electron chi connectivity index (χ0n) is 19.9. The van der Waals surface area contributed by atoms with Crippen LogP contribution in [0.15, 0.2) is 48.5 Å². The second-order valence-electron chi connectivity index (χ2n) is 8.91. The topological polar surface area (TPSA) is 105 Å². The highest BCUT2D eigenvalue weighted by Gasteiger charge is 2.29. The zero-order valence-corrected chi connectivity index (χ0v) is 19.9. The van der Waals surface area contributed by atoms with Gasteiger partial charge in [0.2, 0.25) is 5.91 Å². The van der Waals surface area contributed by atoms with Crippen molar-refractivity contribution in [1.82, 2.24) is 10.6 Å². The van der Waals surface area contributed by atoms with E-state index in [0.717, 1.165) is 24.0 Å². The molecule has 2 aromatic carbocycles. The second-order valence-corrected chi connectivity index (χ2v) is 8.91. The van der Waals surface area contributed by atoms with Crippen molar-refractivity contribution in [3.63, 3.8) is 0 Å². The number of hydrogen-bond acceptors (Lipinski definition) is 4. The van der Waals surface area contributed by atoms with Crippen molar-refractivity contribution in [2.75, 3.05) is 6.61 Å². The average molecular weight is 467 g/mol. The maximum absolute atomic E-state index is 12.4. The Morgan fingerprint density at radius 2 is 1.59 bits per heavy atom. The molecule has 2 aromatic rings. The first-order valence-electron chi connectivity index (χ1n) is 12.0. The van der Waals surface area contributed by atoms with E-state index in [9.17, 15) is 14.4 Å². The number of alkyl carbamates (subject to hydrolysis) is 1. The molecule has 0 fully saturated rings. The van der Waals surface area contributed by atoms with Crippen LogP contribution in [-0.4, -0.2) is 41.8 Å². The summed E-state index contributed by atoms with van der Waals surface area (Å²) in [5, 5.41) is 14.6. The first kappa shape index (κ1) is 25.3. The number of benzene rings is 2. The Balaban J connectivity index is 1.45. The molecule has 1 aliphatic carbocycles. The molecule has 182 valence electrons. The van der Waals surface area contributed by atoms with Gasteiger partial charge in [-0.3, -0.25) is 9.59 Å². The van der Waals surface area contributed by atoms with E-state index >= 15 is 0 Å². The minimum atomic E-state index is -0.924. The highest BCUT2D eigenvalue weighted by molar-refractivity contribution is 5.79. The number of unbranched alkanes of at least 4 members (excludes halogenated alkanes) is 1. The summed E-state index contributed by atoms with van der Waals surface area (Å²) in [6.45, 7) is 4.08. The number of carboxylic acid groups (broad SMARTS) is 1. The molecule has 0 spiro atoms. The zero-order chi connectivity index (χ0) is 24.5. The number of amides is 2. The fraction of sp³-hybridized carbons (Fsp3) is 0.444. The molecule has 1 aliphatic rings. The van der Waals surface area contributed by atoms with Crippen molar-refractivity contribution in [3.05, 3.63) is 59.7 Å². The fourth-order valence-corrected chi connectivity index (χ4v) is 4.45. The van der Waals surface area contributed by atoms with Gasteiger partial charge in [-0.15, -0.1) is 0 Å². The molecule has 0 saturated heterocycles. The number of carboxylic acids is 1. The fourth-order valence-electron chi connectivity index (χ4n) is 4.45. The number of aliphatic carboxylic acids is 1. The van der Waals surface area contributed by atoms with E-state index in [4.69, 9.17) is 9.84 Å². The Kier molecular flexibility index (Phi) is 9.08. The van der Waals surface area contributed by atoms with Gasteiger partial charge in [-0.05, 0) is 42.0 Å². The number of carbonyl (C=O) groups is 3. The number of nitrogens with one attached hydrogen (secondary N) is 2. The van der Waals surface area contributed by atoms with Gasteiger partial charge in [0.05, 0.1) is 6.42 Å². The van der Waals surface area contributed by atoms with Crippen molar-refractivity contribution in [2.45, 2.75) is 70.4 Å². The van der Waals surface area contributed by atoms with Gasteiger partial charge in [-0.2, -0.15) is 0 Å². The van der Waals surface area contributed by atoms with Crippen LogP contribution in [0.4, 0.5) is 4.79 Å². The van der Waals surface area contributed by atoms with E-state index in [1.54, 1.807) is 0 Å². The highest BCUT2D eigenvalue weighted by Crippen LogP contribution is 2.44. The lowest BCUT2D eigenvalue weighted by molar-refractivity contribution is -0.137. The van der Waals surface area contributed by atoms with E-state index in [1.807, 2.05) is 38.1 Å². The summed E-state index contributed by atoms with van der Waals surface area (Å²) in [5.41, 5.74) is 4.65. The third-order valence-electron chi connectivity index (χ3n) is 6.20. The average Bonchev–Trinajstić information content (AvgIpc) is 3.13. The quantitative estimate of drug-likeness (QED) is 0.415. The molecule has 0 radical (unpaired) electrons. The molecule has 34 heavy (non-hydrogen) atoms. The van der Waals surface area contributed by atoms with Crippen LogP contribution in [0.1, 0.15) is 69.4 Å². The smallest absolute Gasteiger partial charge is 0.407 e. The first-order valence-corrected chi connectivity index (χ1v) is 12.0. The number of ether oxygens (including phenoxy) is 1. The van der Waals surface area contributed by atoms with Crippen LogP contribution in [0.25, 0.3) is 11.1 Å². The van der Waals surface area contributed by atoms with Gasteiger partial charge in [0.15, 0.2) is 0 Å². The Hall–Kier alpha value is -3.35. The van der Waals surface area contributed by atoms with E-state index < -0.39 is 12.1 Å². The van der Waals surface area contributed by atoms with Crippen LogP contribution < -0.4 is 10.6 Å². The summed E-state index contributed by atoms with van der Waals surface area (Å²) < 4.78 is 5.55. The predicted molar refractivity (Wildman–Crippen MR) is 131 cm³/mol. The number of carbonyl (C=O) groups excluding carboxylic acids is 2. The van der Waals surface area contributed by atoms with Gasteiger partial charge < -0.3 is 20.5 Å². The minimum absolute atomic E-state index is 0.00600. The summed E-state index contributed by atoms with van der Waals surface area (Å²) >= 11 is 0. The van der Waals surface area contributed by atoms with Crippen molar-refractivity contribution >= 4 is 18.0 Å². The Labute approximate surface area is 200 Å². The number of hydrogen-bond donors (Lipinski definition) is 3. The summed E-state index contributed by atoms with van der Waals surface area (Å²) in [7, 11) is 0. The van der Waals surface area contributed by atoms with Gasteiger partial charge in [0.25, 0.3) is 0 Å². The monoisotopic (exact) mass is 466 g/mol. The van der Waals surface area contributed by atoms with Gasteiger partial charge in [-0.1, -0.05) is 68.3 Å². The lowest BCUT2D eigenvalue weighted by Crippen LogP contribution is -2.38. The third kappa shape index (κ3) is 6.83. The van der Waals surface area contributed by atoms with Crippen molar-refractivity contribution in [2.24, 2.45) is 0 Å². The second kappa shape index (κ2) is 12.2. The summed E-state index contributed by atoms with van der Waals surface area (Å²) in [5.74, 6) is -1.14. The molecule has 2 atom stereocenters. The molecule has 2 amide bonds. The number of rotatable bonds is 12. The van der Waals surface area contributed by atoms with Crippen LogP contribution in [0.3, 0.4) is 0 Å². The van der Waals surface area contributed by atoms with Gasteiger partial charge in [0, 0.05) is 24.4 Å². The highest BCUT2D eigenvalue weighted by atomic mass is 16.5. The van der Waals surface area contributed by atoms with Gasteiger partial charge in [-0.25, -0.2) is 4.79 Å². The molecule has 0 bridgehead atoms. The van der Waals surface area contributed by atoms with Crippen LogP contribution >= 0.6 is 0 Å². The van der Waals surface area contributed by atoms with Crippen molar-refractivity contribution in [1.29, 1.82) is 0 Å². The molecular formula is C27H34N2O5.